The summed E-state index contributed by atoms with van der Waals surface area (Å²) >= 11 is 1.32. The van der Waals surface area contributed by atoms with Crippen molar-refractivity contribution in [1.29, 1.82) is 0 Å². The van der Waals surface area contributed by atoms with Crippen molar-refractivity contribution in [3.8, 4) is 0 Å². The summed E-state index contributed by atoms with van der Waals surface area (Å²) in [6.07, 6.45) is 5.17. The zero-order valence-electron chi connectivity index (χ0n) is 6.67. The molecule has 0 aliphatic heterocycles. The molecule has 0 aliphatic rings. The quantitative estimate of drug-likeness (QED) is 0.752. The predicted octanol–water partition coefficient (Wildman–Crippen LogP) is 0.699. The third kappa shape index (κ3) is 2.27. The maximum Gasteiger partial charge on any atom is 0.318 e. The normalized spacial score (nSPS) is 12.8. The Bertz CT molecular complexity index is 248. The molecule has 0 fully saturated rings. The Morgan fingerprint density at radius 1 is 1.83 bits per heavy atom. The van der Waals surface area contributed by atoms with Crippen LogP contribution in [0.1, 0.15) is 0 Å². The third-order valence-corrected chi connectivity index (χ3v) is 2.39. The van der Waals surface area contributed by atoms with Gasteiger partial charge in [0, 0.05) is 12.4 Å². The van der Waals surface area contributed by atoms with E-state index in [0.717, 1.165) is 0 Å². The van der Waals surface area contributed by atoms with Crippen LogP contribution in [0, 0.1) is 0 Å². The summed E-state index contributed by atoms with van der Waals surface area (Å²) in [6.45, 7) is 0.420. The van der Waals surface area contributed by atoms with Gasteiger partial charge in [0.15, 0.2) is 0 Å². The zero-order valence-corrected chi connectivity index (χ0v) is 7.49. The molecule has 1 aromatic rings. The summed E-state index contributed by atoms with van der Waals surface area (Å²) in [7, 11) is 0. The second kappa shape index (κ2) is 4.15. The van der Waals surface area contributed by atoms with Crippen LogP contribution < -0.4 is 0 Å². The van der Waals surface area contributed by atoms with E-state index in [0.29, 0.717) is 6.54 Å². The van der Waals surface area contributed by atoms with Crippen LogP contribution in [0.4, 0.5) is 0 Å². The first-order valence-corrected chi connectivity index (χ1v) is 4.76. The van der Waals surface area contributed by atoms with E-state index in [4.69, 9.17) is 5.11 Å². The molecule has 66 valence electrons. The maximum absolute atomic E-state index is 10.6. The molecule has 0 bridgehead atoms. The van der Waals surface area contributed by atoms with E-state index in [1.54, 1.807) is 29.4 Å². The number of thioether (sulfide) groups is 1. The Labute approximate surface area is 74.6 Å². The summed E-state index contributed by atoms with van der Waals surface area (Å²) < 4.78 is 1.62. The lowest BCUT2D eigenvalue weighted by molar-refractivity contribution is -0.136. The first-order valence-electron chi connectivity index (χ1n) is 3.47. The van der Waals surface area contributed by atoms with Crippen LogP contribution >= 0.6 is 11.8 Å². The number of carboxylic acids is 1. The van der Waals surface area contributed by atoms with Gasteiger partial charge in [-0.25, -0.2) is 0 Å². The highest BCUT2D eigenvalue weighted by molar-refractivity contribution is 7.99. The molecule has 1 unspecified atom stereocenters. The fraction of sp³-hybridized carbons (Fsp3) is 0.429. The average Bonchev–Trinajstić information content (AvgIpc) is 2.51. The number of carboxylic acid groups (broad SMARTS) is 1. The monoisotopic (exact) mass is 186 g/mol. The highest BCUT2D eigenvalue weighted by Gasteiger charge is 2.15. The SMILES string of the molecule is CSC(Cn1cccn1)C(=O)O. The lowest BCUT2D eigenvalue weighted by Crippen LogP contribution is -2.22. The lowest BCUT2D eigenvalue weighted by atomic mass is 10.4. The molecule has 12 heavy (non-hydrogen) atoms. The molecule has 1 atom stereocenters. The second-order valence-electron chi connectivity index (χ2n) is 2.29. The molecule has 0 radical (unpaired) electrons. The Balaban J connectivity index is 2.54. The molecule has 1 rings (SSSR count). The highest BCUT2D eigenvalue weighted by atomic mass is 32.2. The Kier molecular flexibility index (Phi) is 3.16. The van der Waals surface area contributed by atoms with Gasteiger partial charge in [0.25, 0.3) is 0 Å². The van der Waals surface area contributed by atoms with Crippen LogP contribution in [0.25, 0.3) is 0 Å². The van der Waals surface area contributed by atoms with E-state index in [2.05, 4.69) is 5.10 Å². The molecule has 0 saturated carbocycles. The summed E-state index contributed by atoms with van der Waals surface area (Å²) in [6, 6.07) is 1.78. The molecule has 1 heterocycles. The number of aliphatic carboxylic acids is 1. The molecule has 0 aromatic carbocycles. The predicted molar refractivity (Wildman–Crippen MR) is 47.2 cm³/mol. The fourth-order valence-electron chi connectivity index (χ4n) is 0.832. The minimum atomic E-state index is -0.794. The van der Waals surface area contributed by atoms with Gasteiger partial charge in [0.1, 0.15) is 5.25 Å². The van der Waals surface area contributed by atoms with Crippen molar-refractivity contribution in [3.05, 3.63) is 18.5 Å². The lowest BCUT2D eigenvalue weighted by Gasteiger charge is -2.08. The van der Waals surface area contributed by atoms with E-state index < -0.39 is 11.2 Å². The maximum atomic E-state index is 10.6. The van der Waals surface area contributed by atoms with Gasteiger partial charge in [0.05, 0.1) is 6.54 Å². The van der Waals surface area contributed by atoms with Crippen LogP contribution in [0.3, 0.4) is 0 Å². The van der Waals surface area contributed by atoms with Crippen LogP contribution in [0.15, 0.2) is 18.5 Å². The topological polar surface area (TPSA) is 55.1 Å². The highest BCUT2D eigenvalue weighted by Crippen LogP contribution is 2.08. The molecule has 4 nitrogen and oxygen atoms in total. The van der Waals surface area contributed by atoms with Gasteiger partial charge >= 0.3 is 5.97 Å². The summed E-state index contributed by atoms with van der Waals surface area (Å²) in [4.78, 5) is 10.6. The molecule has 0 aliphatic carbocycles. The minimum absolute atomic E-state index is 0.412. The molecule has 0 amide bonds. The van der Waals surface area contributed by atoms with Gasteiger partial charge in [0.2, 0.25) is 0 Å². The largest absolute Gasteiger partial charge is 0.480 e. The zero-order chi connectivity index (χ0) is 8.97. The number of hydrogen-bond donors (Lipinski definition) is 1. The van der Waals surface area contributed by atoms with E-state index in [-0.39, 0.29) is 0 Å². The van der Waals surface area contributed by atoms with E-state index >= 15 is 0 Å². The van der Waals surface area contributed by atoms with E-state index in [1.807, 2.05) is 0 Å². The van der Waals surface area contributed by atoms with Crippen LogP contribution in [-0.2, 0) is 11.3 Å². The molecule has 5 heteroatoms. The van der Waals surface area contributed by atoms with E-state index in [9.17, 15) is 4.79 Å². The first-order chi connectivity index (χ1) is 5.74. The van der Waals surface area contributed by atoms with Gasteiger partial charge in [-0.3, -0.25) is 9.48 Å². The number of aromatic nitrogens is 2. The fourth-order valence-corrected chi connectivity index (χ4v) is 1.34. The average molecular weight is 186 g/mol. The second-order valence-corrected chi connectivity index (χ2v) is 3.33. The molecule has 1 aromatic heterocycles. The smallest absolute Gasteiger partial charge is 0.318 e. The van der Waals surface area contributed by atoms with Crippen molar-refractivity contribution in [3.63, 3.8) is 0 Å². The Morgan fingerprint density at radius 3 is 3.00 bits per heavy atom. The number of nitrogens with zero attached hydrogens (tertiary/aromatic N) is 2. The van der Waals surface area contributed by atoms with Gasteiger partial charge in [-0.05, 0) is 12.3 Å². The number of hydrogen-bond acceptors (Lipinski definition) is 3. The van der Waals surface area contributed by atoms with Crippen molar-refractivity contribution in [2.45, 2.75) is 11.8 Å². The van der Waals surface area contributed by atoms with Crippen molar-refractivity contribution in [1.82, 2.24) is 9.78 Å². The third-order valence-electron chi connectivity index (χ3n) is 1.47. The van der Waals surface area contributed by atoms with Crippen LogP contribution in [-0.4, -0.2) is 32.4 Å². The van der Waals surface area contributed by atoms with Crippen molar-refractivity contribution >= 4 is 17.7 Å². The minimum Gasteiger partial charge on any atom is -0.480 e. The summed E-state index contributed by atoms with van der Waals surface area (Å²) in [5.74, 6) is -0.794. The Morgan fingerprint density at radius 2 is 2.58 bits per heavy atom. The van der Waals surface area contributed by atoms with Gasteiger partial charge in [-0.2, -0.15) is 5.10 Å². The molecular formula is C7H10N2O2S. The van der Waals surface area contributed by atoms with Gasteiger partial charge in [-0.1, -0.05) is 0 Å². The number of carbonyl (C=O) groups is 1. The molecule has 0 saturated heterocycles. The van der Waals surface area contributed by atoms with Crippen LogP contribution in [0.5, 0.6) is 0 Å². The molecular weight excluding hydrogens is 176 g/mol. The summed E-state index contributed by atoms with van der Waals surface area (Å²) in [5, 5.41) is 12.2. The van der Waals surface area contributed by atoms with Crippen LogP contribution in [0.2, 0.25) is 0 Å². The number of rotatable bonds is 4. The van der Waals surface area contributed by atoms with Crippen molar-refractivity contribution in [2.75, 3.05) is 6.26 Å². The Hall–Kier alpha value is -0.970. The van der Waals surface area contributed by atoms with Crippen molar-refractivity contribution < 1.29 is 9.90 Å². The molecule has 0 spiro atoms. The standard InChI is InChI=1S/C7H10N2O2S/c1-12-6(7(10)11)5-9-4-2-3-8-9/h2-4,6H,5H2,1H3,(H,10,11). The van der Waals surface area contributed by atoms with Crippen molar-refractivity contribution in [2.24, 2.45) is 0 Å². The van der Waals surface area contributed by atoms with Gasteiger partial charge < -0.3 is 5.11 Å². The first kappa shape index (κ1) is 9.12. The van der Waals surface area contributed by atoms with E-state index in [1.165, 1.54) is 11.8 Å². The summed E-state index contributed by atoms with van der Waals surface area (Å²) in [5.41, 5.74) is 0. The molecule has 1 N–H and O–H groups in total. The van der Waals surface area contributed by atoms with Gasteiger partial charge in [-0.15, -0.1) is 11.8 Å².